The highest BCUT2D eigenvalue weighted by atomic mass is 16.4. The van der Waals surface area contributed by atoms with E-state index >= 15 is 0 Å². The first kappa shape index (κ1) is 13.9. The second-order valence-electron chi connectivity index (χ2n) is 5.43. The predicted molar refractivity (Wildman–Crippen MR) is 73.3 cm³/mol. The van der Waals surface area contributed by atoms with Gasteiger partial charge in [-0.05, 0) is 12.8 Å². The van der Waals surface area contributed by atoms with Crippen molar-refractivity contribution in [1.82, 2.24) is 15.1 Å². The lowest BCUT2D eigenvalue weighted by Crippen LogP contribution is -2.46. The van der Waals surface area contributed by atoms with Crippen molar-refractivity contribution in [3.05, 3.63) is 12.4 Å². The zero-order valence-corrected chi connectivity index (χ0v) is 11.7. The maximum atomic E-state index is 11.4. The Hall–Kier alpha value is -1.56. The van der Waals surface area contributed by atoms with Gasteiger partial charge in [0.1, 0.15) is 6.04 Å². The largest absolute Gasteiger partial charge is 0.480 e. The molecule has 6 heteroatoms. The highest BCUT2D eigenvalue weighted by Crippen LogP contribution is 2.30. The lowest BCUT2D eigenvalue weighted by molar-refractivity contribution is -0.138. The molecule has 0 unspecified atom stereocenters. The van der Waals surface area contributed by atoms with Crippen molar-refractivity contribution in [1.29, 1.82) is 0 Å². The summed E-state index contributed by atoms with van der Waals surface area (Å²) in [5.74, 6) is -0.754. The van der Waals surface area contributed by atoms with E-state index in [2.05, 4.69) is 24.3 Å². The average Bonchev–Trinajstić information content (AvgIpc) is 2.91. The van der Waals surface area contributed by atoms with Crippen molar-refractivity contribution in [3.8, 4) is 0 Å². The van der Waals surface area contributed by atoms with Gasteiger partial charge in [0.25, 0.3) is 0 Å². The third kappa shape index (κ3) is 3.07. The number of anilines is 1. The molecule has 19 heavy (non-hydrogen) atoms. The maximum Gasteiger partial charge on any atom is 0.326 e. The molecule has 2 N–H and O–H groups in total. The summed E-state index contributed by atoms with van der Waals surface area (Å²) in [5, 5.41) is 16.9. The fourth-order valence-corrected chi connectivity index (χ4v) is 2.63. The Morgan fingerprint density at radius 2 is 2.32 bits per heavy atom. The molecule has 1 aromatic heterocycles. The third-order valence-corrected chi connectivity index (χ3v) is 3.54. The van der Waals surface area contributed by atoms with Crippen LogP contribution in [0.5, 0.6) is 0 Å². The Bertz CT molecular complexity index is 444. The van der Waals surface area contributed by atoms with Crippen LogP contribution in [0.25, 0.3) is 0 Å². The quantitative estimate of drug-likeness (QED) is 0.826. The molecule has 106 valence electrons. The molecule has 2 heterocycles. The SMILES string of the molecule is CC(C)NC[C@@H]1CC[C@H](C(=O)O)N1c1cnn(C)c1. The zero-order chi connectivity index (χ0) is 14.0. The molecule has 0 radical (unpaired) electrons. The molecule has 1 aromatic rings. The van der Waals surface area contributed by atoms with Crippen molar-refractivity contribution in [2.45, 2.75) is 44.8 Å². The predicted octanol–water partition coefficient (Wildman–Crippen LogP) is 0.840. The van der Waals surface area contributed by atoms with Crippen molar-refractivity contribution < 1.29 is 9.90 Å². The van der Waals surface area contributed by atoms with Crippen LogP contribution in [-0.2, 0) is 11.8 Å². The third-order valence-electron chi connectivity index (χ3n) is 3.54. The molecule has 2 atom stereocenters. The number of carboxylic acid groups (broad SMARTS) is 1. The minimum atomic E-state index is -0.754. The van der Waals surface area contributed by atoms with E-state index in [0.29, 0.717) is 12.5 Å². The second-order valence-corrected chi connectivity index (χ2v) is 5.43. The number of hydrogen-bond donors (Lipinski definition) is 2. The Balaban J connectivity index is 2.17. The standard InChI is InChI=1S/C13H22N4O2/c1-9(2)14-6-10-4-5-12(13(18)19)17(10)11-7-15-16(3)8-11/h7-10,12,14H,4-6H2,1-3H3,(H,18,19)/t10-,12+/m0/s1. The number of rotatable bonds is 5. The van der Waals surface area contributed by atoms with Gasteiger partial charge in [0, 0.05) is 31.9 Å². The molecule has 0 aliphatic carbocycles. The summed E-state index contributed by atoms with van der Waals surface area (Å²) in [6.07, 6.45) is 5.20. The lowest BCUT2D eigenvalue weighted by Gasteiger charge is -2.29. The highest BCUT2D eigenvalue weighted by Gasteiger charge is 2.38. The molecule has 1 aliphatic heterocycles. The van der Waals surface area contributed by atoms with Crippen LogP contribution < -0.4 is 10.2 Å². The van der Waals surface area contributed by atoms with Gasteiger partial charge in [0.05, 0.1) is 11.9 Å². The van der Waals surface area contributed by atoms with Gasteiger partial charge in [0.15, 0.2) is 0 Å². The number of aryl methyl sites for hydroxylation is 1. The fraction of sp³-hybridized carbons (Fsp3) is 0.692. The van der Waals surface area contributed by atoms with Crippen molar-refractivity contribution in [2.24, 2.45) is 7.05 Å². The van der Waals surface area contributed by atoms with E-state index in [0.717, 1.165) is 18.7 Å². The van der Waals surface area contributed by atoms with E-state index in [4.69, 9.17) is 0 Å². The van der Waals surface area contributed by atoms with Crippen LogP contribution in [0.4, 0.5) is 5.69 Å². The van der Waals surface area contributed by atoms with Gasteiger partial charge < -0.3 is 15.3 Å². The van der Waals surface area contributed by atoms with Crippen LogP contribution in [0.2, 0.25) is 0 Å². The topological polar surface area (TPSA) is 70.4 Å². The summed E-state index contributed by atoms with van der Waals surface area (Å²) in [6, 6.07) is 0.176. The molecule has 0 bridgehead atoms. The Kier molecular flexibility index (Phi) is 4.09. The first-order valence-electron chi connectivity index (χ1n) is 6.72. The Labute approximate surface area is 113 Å². The van der Waals surface area contributed by atoms with Gasteiger partial charge in [-0.1, -0.05) is 13.8 Å². The first-order chi connectivity index (χ1) is 8.99. The molecule has 6 nitrogen and oxygen atoms in total. The highest BCUT2D eigenvalue weighted by molar-refractivity contribution is 5.79. The molecular formula is C13H22N4O2. The number of carboxylic acids is 1. The van der Waals surface area contributed by atoms with Crippen LogP contribution in [0.15, 0.2) is 12.4 Å². The summed E-state index contributed by atoms with van der Waals surface area (Å²) in [6.45, 7) is 4.99. The van der Waals surface area contributed by atoms with Crippen LogP contribution >= 0.6 is 0 Å². The first-order valence-corrected chi connectivity index (χ1v) is 6.72. The molecule has 0 amide bonds. The summed E-state index contributed by atoms with van der Waals surface area (Å²) in [5.41, 5.74) is 0.892. The van der Waals surface area contributed by atoms with E-state index in [1.807, 2.05) is 18.1 Å². The molecule has 1 fully saturated rings. The van der Waals surface area contributed by atoms with E-state index < -0.39 is 12.0 Å². The van der Waals surface area contributed by atoms with Crippen molar-refractivity contribution in [2.75, 3.05) is 11.4 Å². The number of hydrogen-bond acceptors (Lipinski definition) is 4. The summed E-state index contributed by atoms with van der Waals surface area (Å²) < 4.78 is 1.71. The van der Waals surface area contributed by atoms with Gasteiger partial charge >= 0.3 is 5.97 Å². The molecule has 1 saturated heterocycles. The smallest absolute Gasteiger partial charge is 0.326 e. The lowest BCUT2D eigenvalue weighted by atomic mass is 10.2. The normalized spacial score (nSPS) is 23.3. The minimum Gasteiger partial charge on any atom is -0.480 e. The molecule has 0 spiro atoms. The van der Waals surface area contributed by atoms with Crippen molar-refractivity contribution >= 4 is 11.7 Å². The molecular weight excluding hydrogens is 244 g/mol. The molecule has 1 aliphatic rings. The number of carbonyl (C=O) groups is 1. The number of aliphatic carboxylic acids is 1. The summed E-state index contributed by atoms with van der Waals surface area (Å²) in [7, 11) is 1.84. The van der Waals surface area contributed by atoms with Gasteiger partial charge in [-0.3, -0.25) is 4.68 Å². The monoisotopic (exact) mass is 266 g/mol. The van der Waals surface area contributed by atoms with Gasteiger partial charge in [-0.25, -0.2) is 4.79 Å². The van der Waals surface area contributed by atoms with E-state index in [9.17, 15) is 9.90 Å². The minimum absolute atomic E-state index is 0.215. The van der Waals surface area contributed by atoms with Crippen LogP contribution in [0.3, 0.4) is 0 Å². The van der Waals surface area contributed by atoms with Gasteiger partial charge in [-0.2, -0.15) is 5.10 Å². The summed E-state index contributed by atoms with van der Waals surface area (Å²) >= 11 is 0. The molecule has 2 rings (SSSR count). The second kappa shape index (κ2) is 5.61. The number of aromatic nitrogens is 2. The molecule has 0 saturated carbocycles. The number of nitrogens with zero attached hydrogens (tertiary/aromatic N) is 3. The van der Waals surface area contributed by atoms with Gasteiger partial charge in [0.2, 0.25) is 0 Å². The van der Waals surface area contributed by atoms with Gasteiger partial charge in [-0.15, -0.1) is 0 Å². The van der Waals surface area contributed by atoms with E-state index in [-0.39, 0.29) is 6.04 Å². The van der Waals surface area contributed by atoms with E-state index in [1.165, 1.54) is 0 Å². The zero-order valence-electron chi connectivity index (χ0n) is 11.7. The molecule has 0 aromatic carbocycles. The van der Waals surface area contributed by atoms with Crippen LogP contribution in [0, 0.1) is 0 Å². The Morgan fingerprint density at radius 3 is 2.84 bits per heavy atom. The van der Waals surface area contributed by atoms with Crippen LogP contribution in [-0.4, -0.2) is 45.5 Å². The fourth-order valence-electron chi connectivity index (χ4n) is 2.63. The Morgan fingerprint density at radius 1 is 1.58 bits per heavy atom. The van der Waals surface area contributed by atoms with Crippen molar-refractivity contribution in [3.63, 3.8) is 0 Å². The van der Waals surface area contributed by atoms with E-state index in [1.54, 1.807) is 10.9 Å². The number of nitrogens with one attached hydrogen (secondary N) is 1. The van der Waals surface area contributed by atoms with Crippen LogP contribution in [0.1, 0.15) is 26.7 Å². The summed E-state index contributed by atoms with van der Waals surface area (Å²) in [4.78, 5) is 13.4. The average molecular weight is 266 g/mol. The maximum absolute atomic E-state index is 11.4.